The highest BCUT2D eigenvalue weighted by molar-refractivity contribution is 7.09. The Morgan fingerprint density at radius 2 is 1.97 bits per heavy atom. The molecule has 0 atom stereocenters. The first kappa shape index (κ1) is 21.2. The van der Waals surface area contributed by atoms with Crippen molar-refractivity contribution in [2.75, 3.05) is 36.4 Å². The molecule has 1 aromatic heterocycles. The number of nitro groups is 1. The van der Waals surface area contributed by atoms with Crippen LogP contribution in [0.2, 0.25) is 0 Å². The smallest absolute Gasteiger partial charge is 0.321 e. The van der Waals surface area contributed by atoms with Gasteiger partial charge in [0.15, 0.2) is 0 Å². The molecule has 0 unspecified atom stereocenters. The van der Waals surface area contributed by atoms with Gasteiger partial charge in [-0.2, -0.15) is 9.64 Å². The zero-order chi connectivity index (χ0) is 22.5. The summed E-state index contributed by atoms with van der Waals surface area (Å²) in [5.74, 6) is 0.539. The summed E-state index contributed by atoms with van der Waals surface area (Å²) < 4.78 is 4.36. The number of carbonyl (C=O) groups is 1. The number of hydrogen-bond donors (Lipinski definition) is 1. The number of nitro benzene ring substituents is 1. The number of amides is 2. The maximum Gasteiger partial charge on any atom is 0.321 e. The third-order valence-corrected chi connectivity index (χ3v) is 5.89. The highest BCUT2D eigenvalue weighted by atomic mass is 32.1. The number of anilines is 2. The monoisotopic (exact) mass is 449 g/mol. The summed E-state index contributed by atoms with van der Waals surface area (Å²) in [7, 11) is 0. The van der Waals surface area contributed by atoms with E-state index in [2.05, 4.69) is 25.6 Å². The number of urea groups is 1. The molecule has 10 nitrogen and oxygen atoms in total. The van der Waals surface area contributed by atoms with E-state index in [1.54, 1.807) is 47.4 Å². The molecule has 162 valence electrons. The first-order valence-electron chi connectivity index (χ1n) is 9.89. The molecular weight excluding hydrogens is 430 g/mol. The van der Waals surface area contributed by atoms with Crippen LogP contribution >= 0.6 is 11.5 Å². The van der Waals surface area contributed by atoms with E-state index in [4.69, 9.17) is 5.26 Å². The van der Waals surface area contributed by atoms with E-state index in [0.29, 0.717) is 48.8 Å². The van der Waals surface area contributed by atoms with Crippen molar-refractivity contribution in [2.45, 2.75) is 6.42 Å². The Labute approximate surface area is 188 Å². The van der Waals surface area contributed by atoms with Gasteiger partial charge in [0, 0.05) is 61.4 Å². The van der Waals surface area contributed by atoms with Gasteiger partial charge in [0.05, 0.1) is 16.6 Å². The largest absolute Gasteiger partial charge is 0.343 e. The van der Waals surface area contributed by atoms with Crippen LogP contribution in [-0.2, 0) is 6.42 Å². The lowest BCUT2D eigenvalue weighted by molar-refractivity contribution is -0.385. The lowest BCUT2D eigenvalue weighted by Crippen LogP contribution is -2.50. The van der Waals surface area contributed by atoms with Crippen LogP contribution in [0.15, 0.2) is 48.5 Å². The predicted molar refractivity (Wildman–Crippen MR) is 120 cm³/mol. The van der Waals surface area contributed by atoms with Gasteiger partial charge in [-0.3, -0.25) is 10.1 Å². The SMILES string of the molecule is N#Cc1cccc(NC(=O)N2CCN(c3nc(Cc4ccccc4[N+](=O)[O-])ns3)CC2)c1. The third-order valence-electron chi connectivity index (χ3n) is 5.07. The van der Waals surface area contributed by atoms with Crippen molar-refractivity contribution in [1.29, 1.82) is 5.26 Å². The Bertz CT molecular complexity index is 1180. The lowest BCUT2D eigenvalue weighted by Gasteiger charge is -2.34. The van der Waals surface area contributed by atoms with Crippen molar-refractivity contribution >= 4 is 34.1 Å². The zero-order valence-electron chi connectivity index (χ0n) is 17.0. The fourth-order valence-corrected chi connectivity index (χ4v) is 4.16. The summed E-state index contributed by atoms with van der Waals surface area (Å²) >= 11 is 1.25. The van der Waals surface area contributed by atoms with Crippen molar-refractivity contribution in [3.8, 4) is 6.07 Å². The molecule has 1 saturated heterocycles. The molecule has 11 heteroatoms. The Balaban J connectivity index is 1.34. The molecule has 1 aliphatic heterocycles. The van der Waals surface area contributed by atoms with Crippen LogP contribution in [0, 0.1) is 21.4 Å². The quantitative estimate of drug-likeness (QED) is 0.467. The molecular formula is C21H19N7O3S. The van der Waals surface area contributed by atoms with E-state index in [-0.39, 0.29) is 18.1 Å². The molecule has 1 N–H and O–H groups in total. The fourth-order valence-electron chi connectivity index (χ4n) is 3.42. The summed E-state index contributed by atoms with van der Waals surface area (Å²) in [5, 5.41) is 23.8. The van der Waals surface area contributed by atoms with Gasteiger partial charge in [0.1, 0.15) is 5.82 Å². The number of carbonyl (C=O) groups excluding carboxylic acids is 1. The van der Waals surface area contributed by atoms with Gasteiger partial charge < -0.3 is 15.1 Å². The first-order valence-corrected chi connectivity index (χ1v) is 10.7. The maximum atomic E-state index is 12.5. The molecule has 0 aliphatic carbocycles. The van der Waals surface area contributed by atoms with Gasteiger partial charge in [-0.1, -0.05) is 24.3 Å². The number of rotatable bonds is 5. The van der Waals surface area contributed by atoms with Gasteiger partial charge >= 0.3 is 6.03 Å². The minimum atomic E-state index is -0.399. The Morgan fingerprint density at radius 1 is 1.19 bits per heavy atom. The summed E-state index contributed by atoms with van der Waals surface area (Å²) in [6, 6.07) is 15.2. The third kappa shape index (κ3) is 4.81. The average molecular weight is 449 g/mol. The second-order valence-electron chi connectivity index (χ2n) is 7.15. The normalized spacial score (nSPS) is 13.5. The molecule has 2 heterocycles. The first-order chi connectivity index (χ1) is 15.5. The van der Waals surface area contributed by atoms with Gasteiger partial charge in [0.2, 0.25) is 5.13 Å². The van der Waals surface area contributed by atoms with Crippen LogP contribution in [0.5, 0.6) is 0 Å². The number of benzene rings is 2. The van der Waals surface area contributed by atoms with Crippen LogP contribution in [0.4, 0.5) is 21.3 Å². The summed E-state index contributed by atoms with van der Waals surface area (Å²) in [6.45, 7) is 2.24. The van der Waals surface area contributed by atoms with E-state index >= 15 is 0 Å². The van der Waals surface area contributed by atoms with E-state index < -0.39 is 4.92 Å². The fraction of sp³-hybridized carbons (Fsp3) is 0.238. The maximum absolute atomic E-state index is 12.5. The highest BCUT2D eigenvalue weighted by Gasteiger charge is 2.24. The van der Waals surface area contributed by atoms with Crippen LogP contribution in [0.1, 0.15) is 17.0 Å². The summed E-state index contributed by atoms with van der Waals surface area (Å²) in [5.41, 5.74) is 1.70. The number of nitrogens with one attached hydrogen (secondary N) is 1. The number of piperazine rings is 1. The number of aromatic nitrogens is 2. The minimum Gasteiger partial charge on any atom is -0.343 e. The minimum absolute atomic E-state index is 0.0591. The molecule has 4 rings (SSSR count). The van der Waals surface area contributed by atoms with E-state index in [1.165, 1.54) is 17.6 Å². The molecule has 0 radical (unpaired) electrons. The van der Waals surface area contributed by atoms with Crippen molar-refractivity contribution in [2.24, 2.45) is 0 Å². The van der Waals surface area contributed by atoms with E-state index in [1.807, 2.05) is 0 Å². The van der Waals surface area contributed by atoms with Crippen molar-refractivity contribution in [3.63, 3.8) is 0 Å². The Hall–Kier alpha value is -4.04. The lowest BCUT2D eigenvalue weighted by atomic mass is 10.1. The topological polar surface area (TPSA) is 128 Å². The molecule has 1 aliphatic rings. The Kier molecular flexibility index (Phi) is 6.23. The second kappa shape index (κ2) is 9.40. The predicted octanol–water partition coefficient (Wildman–Crippen LogP) is 3.26. The number of nitrogens with zero attached hydrogens (tertiary/aromatic N) is 6. The van der Waals surface area contributed by atoms with Crippen LogP contribution in [0.3, 0.4) is 0 Å². The molecule has 1 fully saturated rings. The number of hydrogen-bond acceptors (Lipinski definition) is 8. The van der Waals surface area contributed by atoms with Crippen molar-refractivity contribution in [1.82, 2.24) is 14.3 Å². The summed E-state index contributed by atoms with van der Waals surface area (Å²) in [6.07, 6.45) is 0.289. The zero-order valence-corrected chi connectivity index (χ0v) is 17.8. The van der Waals surface area contributed by atoms with Crippen LogP contribution in [-0.4, -0.2) is 51.4 Å². The number of nitriles is 1. The van der Waals surface area contributed by atoms with E-state index in [9.17, 15) is 14.9 Å². The van der Waals surface area contributed by atoms with Crippen molar-refractivity contribution in [3.05, 3.63) is 75.6 Å². The van der Waals surface area contributed by atoms with Crippen LogP contribution < -0.4 is 10.2 Å². The summed E-state index contributed by atoms with van der Waals surface area (Å²) in [4.78, 5) is 31.7. The second-order valence-corrected chi connectivity index (χ2v) is 7.88. The van der Waals surface area contributed by atoms with Gasteiger partial charge in [-0.05, 0) is 18.2 Å². The molecule has 0 bridgehead atoms. The molecule has 0 saturated carbocycles. The molecule has 3 aromatic rings. The van der Waals surface area contributed by atoms with Gasteiger partial charge in [0.25, 0.3) is 5.69 Å². The molecule has 2 aromatic carbocycles. The van der Waals surface area contributed by atoms with Gasteiger partial charge in [-0.15, -0.1) is 0 Å². The van der Waals surface area contributed by atoms with E-state index in [0.717, 1.165) is 5.13 Å². The average Bonchev–Trinajstić information content (AvgIpc) is 3.28. The molecule has 2 amide bonds. The standard InChI is InChI=1S/C21H19N7O3S/c22-14-15-4-3-6-17(12-15)23-20(29)26-8-10-27(11-9-26)21-24-19(25-32-21)13-16-5-1-2-7-18(16)28(30)31/h1-7,12H,8-11,13H2,(H,23,29). The molecule has 32 heavy (non-hydrogen) atoms. The van der Waals surface area contributed by atoms with Gasteiger partial charge in [-0.25, -0.2) is 9.78 Å². The highest BCUT2D eigenvalue weighted by Crippen LogP contribution is 2.24. The molecule has 0 spiro atoms. The Morgan fingerprint density at radius 3 is 2.72 bits per heavy atom. The van der Waals surface area contributed by atoms with Crippen molar-refractivity contribution < 1.29 is 9.72 Å². The number of para-hydroxylation sites is 1. The van der Waals surface area contributed by atoms with Crippen LogP contribution in [0.25, 0.3) is 0 Å².